The fourth-order valence-electron chi connectivity index (χ4n) is 2.33. The summed E-state index contributed by atoms with van der Waals surface area (Å²) in [7, 11) is 1.97. The van der Waals surface area contributed by atoms with Crippen molar-refractivity contribution in [2.75, 3.05) is 12.3 Å². The molecule has 2 aromatic rings. The third-order valence-corrected chi connectivity index (χ3v) is 5.06. The van der Waals surface area contributed by atoms with Crippen LogP contribution in [0.25, 0.3) is 0 Å². The molecule has 1 amide bonds. The molecule has 1 aliphatic carbocycles. The number of nitrogens with one attached hydrogen (secondary N) is 1. The number of halogens is 1. The molecule has 3 rings (SSSR count). The lowest BCUT2D eigenvalue weighted by Crippen LogP contribution is -2.27. The van der Waals surface area contributed by atoms with Crippen molar-refractivity contribution in [3.8, 4) is 0 Å². The second-order valence-corrected chi connectivity index (χ2v) is 7.07. The normalized spacial score (nSPS) is 14.0. The SMILES string of the molecule is Cn1c(SCC(=O)NCCc2ccc(Cl)cc2)nnc1C1CC1. The van der Waals surface area contributed by atoms with Crippen molar-refractivity contribution >= 4 is 29.3 Å². The van der Waals surface area contributed by atoms with E-state index in [-0.39, 0.29) is 5.91 Å². The molecule has 0 unspecified atom stereocenters. The van der Waals surface area contributed by atoms with Gasteiger partial charge in [0.15, 0.2) is 5.16 Å². The van der Waals surface area contributed by atoms with E-state index >= 15 is 0 Å². The summed E-state index contributed by atoms with van der Waals surface area (Å²) >= 11 is 7.28. The van der Waals surface area contributed by atoms with Crippen molar-refractivity contribution in [3.63, 3.8) is 0 Å². The van der Waals surface area contributed by atoms with E-state index < -0.39 is 0 Å². The van der Waals surface area contributed by atoms with Gasteiger partial charge in [-0.2, -0.15) is 0 Å². The summed E-state index contributed by atoms with van der Waals surface area (Å²) < 4.78 is 2.00. The van der Waals surface area contributed by atoms with Crippen LogP contribution in [0.4, 0.5) is 0 Å². The number of benzene rings is 1. The monoisotopic (exact) mass is 350 g/mol. The summed E-state index contributed by atoms with van der Waals surface area (Å²) in [6.07, 6.45) is 3.19. The summed E-state index contributed by atoms with van der Waals surface area (Å²) in [5.74, 6) is 1.97. The van der Waals surface area contributed by atoms with Gasteiger partial charge in [-0.3, -0.25) is 4.79 Å². The maximum absolute atomic E-state index is 11.9. The predicted molar refractivity (Wildman–Crippen MR) is 91.9 cm³/mol. The van der Waals surface area contributed by atoms with E-state index in [2.05, 4.69) is 15.5 Å². The van der Waals surface area contributed by atoms with Crippen LogP contribution < -0.4 is 5.32 Å². The fourth-order valence-corrected chi connectivity index (χ4v) is 3.20. The molecule has 1 aliphatic rings. The Morgan fingerprint density at radius 2 is 2.09 bits per heavy atom. The molecule has 0 spiro atoms. The van der Waals surface area contributed by atoms with E-state index in [9.17, 15) is 4.79 Å². The minimum Gasteiger partial charge on any atom is -0.355 e. The average molecular weight is 351 g/mol. The van der Waals surface area contributed by atoms with E-state index in [1.807, 2.05) is 35.9 Å². The number of carbonyl (C=O) groups excluding carboxylic acids is 1. The Hall–Kier alpha value is -1.53. The number of carbonyl (C=O) groups is 1. The highest BCUT2D eigenvalue weighted by Gasteiger charge is 2.29. The Balaban J connectivity index is 1.40. The molecular weight excluding hydrogens is 332 g/mol. The first kappa shape index (κ1) is 16.3. The molecule has 1 aromatic heterocycles. The van der Waals surface area contributed by atoms with Crippen LogP contribution in [0.5, 0.6) is 0 Å². The van der Waals surface area contributed by atoms with Gasteiger partial charge in [0.25, 0.3) is 0 Å². The molecule has 1 saturated carbocycles. The Kier molecular flexibility index (Phi) is 5.23. The van der Waals surface area contributed by atoms with Gasteiger partial charge in [-0.1, -0.05) is 35.5 Å². The van der Waals surface area contributed by atoms with Crippen LogP contribution in [-0.4, -0.2) is 33.0 Å². The molecule has 0 atom stereocenters. The first-order valence-electron chi connectivity index (χ1n) is 7.66. The van der Waals surface area contributed by atoms with E-state index in [0.29, 0.717) is 18.2 Å². The molecule has 1 fully saturated rings. The van der Waals surface area contributed by atoms with Gasteiger partial charge in [0.2, 0.25) is 5.91 Å². The van der Waals surface area contributed by atoms with Crippen LogP contribution in [0.3, 0.4) is 0 Å². The van der Waals surface area contributed by atoms with Crippen molar-refractivity contribution in [1.82, 2.24) is 20.1 Å². The molecule has 1 aromatic carbocycles. The maximum atomic E-state index is 11.9. The van der Waals surface area contributed by atoms with Crippen LogP contribution in [0.2, 0.25) is 5.02 Å². The zero-order chi connectivity index (χ0) is 16.2. The lowest BCUT2D eigenvalue weighted by molar-refractivity contribution is -0.118. The fraction of sp³-hybridized carbons (Fsp3) is 0.438. The Bertz CT molecular complexity index is 682. The summed E-state index contributed by atoms with van der Waals surface area (Å²) in [6, 6.07) is 7.67. The number of rotatable bonds is 7. The molecule has 0 radical (unpaired) electrons. The smallest absolute Gasteiger partial charge is 0.230 e. The lowest BCUT2D eigenvalue weighted by atomic mass is 10.1. The molecule has 1 N–H and O–H groups in total. The second kappa shape index (κ2) is 7.36. The van der Waals surface area contributed by atoms with Gasteiger partial charge >= 0.3 is 0 Å². The zero-order valence-corrected chi connectivity index (χ0v) is 14.5. The van der Waals surface area contributed by atoms with E-state index in [4.69, 9.17) is 11.6 Å². The van der Waals surface area contributed by atoms with Crippen molar-refractivity contribution in [2.24, 2.45) is 7.05 Å². The predicted octanol–water partition coefficient (Wildman–Crippen LogP) is 2.80. The van der Waals surface area contributed by atoms with Crippen LogP contribution >= 0.6 is 23.4 Å². The Morgan fingerprint density at radius 3 is 2.78 bits per heavy atom. The molecule has 122 valence electrons. The van der Waals surface area contributed by atoms with Gasteiger partial charge in [0.1, 0.15) is 5.82 Å². The number of amides is 1. The summed E-state index contributed by atoms with van der Waals surface area (Å²) in [6.45, 7) is 0.618. The summed E-state index contributed by atoms with van der Waals surface area (Å²) in [5, 5.41) is 12.8. The number of hydrogen-bond donors (Lipinski definition) is 1. The molecule has 0 aliphatic heterocycles. The minimum atomic E-state index is 0.0138. The van der Waals surface area contributed by atoms with Gasteiger partial charge < -0.3 is 9.88 Å². The molecule has 0 bridgehead atoms. The highest BCUT2D eigenvalue weighted by molar-refractivity contribution is 7.99. The first-order chi connectivity index (χ1) is 11.1. The van der Waals surface area contributed by atoms with Gasteiger partial charge in [-0.05, 0) is 37.0 Å². The Morgan fingerprint density at radius 1 is 1.35 bits per heavy atom. The van der Waals surface area contributed by atoms with Gasteiger partial charge in [0, 0.05) is 24.5 Å². The average Bonchev–Trinajstić information content (AvgIpc) is 3.31. The van der Waals surface area contributed by atoms with Crippen molar-refractivity contribution in [2.45, 2.75) is 30.3 Å². The van der Waals surface area contributed by atoms with Crippen molar-refractivity contribution in [3.05, 3.63) is 40.7 Å². The first-order valence-corrected chi connectivity index (χ1v) is 9.03. The standard InChI is InChI=1S/C16H19ClN4OS/c1-21-15(12-4-5-12)19-20-16(21)23-10-14(22)18-9-8-11-2-6-13(17)7-3-11/h2-3,6-7,12H,4-5,8-10H2,1H3,(H,18,22). The molecule has 23 heavy (non-hydrogen) atoms. The zero-order valence-electron chi connectivity index (χ0n) is 13.0. The number of hydrogen-bond acceptors (Lipinski definition) is 4. The molecular formula is C16H19ClN4OS. The lowest BCUT2D eigenvalue weighted by Gasteiger charge is -2.06. The van der Waals surface area contributed by atoms with E-state index in [1.165, 1.54) is 24.6 Å². The molecule has 5 nitrogen and oxygen atoms in total. The number of nitrogens with zero attached hydrogens (tertiary/aromatic N) is 3. The Labute approximate surface area is 144 Å². The maximum Gasteiger partial charge on any atom is 0.230 e. The number of thioether (sulfide) groups is 1. The van der Waals surface area contributed by atoms with E-state index in [0.717, 1.165) is 28.0 Å². The second-order valence-electron chi connectivity index (χ2n) is 5.69. The molecule has 1 heterocycles. The van der Waals surface area contributed by atoms with Gasteiger partial charge in [0.05, 0.1) is 5.75 Å². The largest absolute Gasteiger partial charge is 0.355 e. The van der Waals surface area contributed by atoms with Crippen molar-refractivity contribution < 1.29 is 4.79 Å². The topological polar surface area (TPSA) is 59.8 Å². The van der Waals surface area contributed by atoms with Crippen LogP contribution in [-0.2, 0) is 18.3 Å². The van der Waals surface area contributed by atoms with Crippen LogP contribution in [0.1, 0.15) is 30.1 Å². The highest BCUT2D eigenvalue weighted by Crippen LogP contribution is 2.39. The van der Waals surface area contributed by atoms with Gasteiger partial charge in [-0.15, -0.1) is 10.2 Å². The van der Waals surface area contributed by atoms with Gasteiger partial charge in [-0.25, -0.2) is 0 Å². The van der Waals surface area contributed by atoms with Crippen molar-refractivity contribution in [1.29, 1.82) is 0 Å². The highest BCUT2D eigenvalue weighted by atomic mass is 35.5. The quantitative estimate of drug-likeness (QED) is 0.780. The molecule has 7 heteroatoms. The van der Waals surface area contributed by atoms with E-state index in [1.54, 1.807) is 0 Å². The summed E-state index contributed by atoms with van der Waals surface area (Å²) in [4.78, 5) is 11.9. The third kappa shape index (κ3) is 4.48. The summed E-state index contributed by atoms with van der Waals surface area (Å²) in [5.41, 5.74) is 1.16. The minimum absolute atomic E-state index is 0.0138. The van der Waals surface area contributed by atoms with Crippen LogP contribution in [0.15, 0.2) is 29.4 Å². The number of aromatic nitrogens is 3. The third-order valence-electron chi connectivity index (χ3n) is 3.79. The van der Waals surface area contributed by atoms with Crippen LogP contribution in [0, 0.1) is 0 Å². The molecule has 0 saturated heterocycles.